The SMILES string of the molecule is Nc1nc2c(c(=O)[nH]1)NC(CNc1ccc(C(=O)NC(CCC(=O)O)C(=O)O)cc1)CN2.Nc1nc2ncc(CNc3ccc(C(=O)NC(CCC(=O)O)C(=O)O)cc3)nc2c(=O)[nH]1. The molecule has 2 aromatic carbocycles. The number of carbonyl (C=O) groups excluding carboxylic acids is 2. The minimum absolute atomic E-state index is 0.0281. The normalized spacial score (nSPS) is 13.5. The van der Waals surface area contributed by atoms with Gasteiger partial charge in [-0.3, -0.25) is 38.7 Å². The molecule has 2 amide bonds. The van der Waals surface area contributed by atoms with Gasteiger partial charge in [0.05, 0.1) is 24.5 Å². The highest BCUT2D eigenvalue weighted by Crippen LogP contribution is 2.20. The zero-order valence-electron chi connectivity index (χ0n) is 33.4. The summed E-state index contributed by atoms with van der Waals surface area (Å²) in [5.41, 5.74) is 12.9. The summed E-state index contributed by atoms with van der Waals surface area (Å²) in [4.78, 5) is 113. The molecule has 0 saturated heterocycles. The van der Waals surface area contributed by atoms with Crippen LogP contribution in [0.25, 0.3) is 11.2 Å². The molecule has 26 heteroatoms. The minimum atomic E-state index is -1.31. The number of hydrogen-bond donors (Lipinski definition) is 14. The molecule has 5 aromatic rings. The van der Waals surface area contributed by atoms with E-state index in [0.717, 1.165) is 0 Å². The second-order valence-electron chi connectivity index (χ2n) is 13.9. The van der Waals surface area contributed by atoms with E-state index in [1.165, 1.54) is 30.5 Å². The molecule has 3 aromatic heterocycles. The number of rotatable bonds is 18. The molecule has 26 nitrogen and oxygen atoms in total. The Morgan fingerprint density at radius 1 is 0.703 bits per heavy atom. The van der Waals surface area contributed by atoms with E-state index in [-0.39, 0.29) is 78.0 Å². The number of nitrogens with zero attached hydrogens (tertiary/aromatic N) is 4. The average Bonchev–Trinajstić information content (AvgIpc) is 3.25. The third-order valence-corrected chi connectivity index (χ3v) is 9.11. The largest absolute Gasteiger partial charge is 0.481 e. The Balaban J connectivity index is 0.000000241. The van der Waals surface area contributed by atoms with Crippen molar-refractivity contribution in [3.05, 3.63) is 92.3 Å². The summed E-state index contributed by atoms with van der Waals surface area (Å²) in [6.45, 7) is 1.19. The summed E-state index contributed by atoms with van der Waals surface area (Å²) in [5, 5.41) is 52.7. The highest BCUT2D eigenvalue weighted by atomic mass is 16.4. The van der Waals surface area contributed by atoms with Crippen LogP contribution in [0.4, 0.5) is 34.8 Å². The second kappa shape index (κ2) is 21.1. The molecule has 4 heterocycles. The Morgan fingerprint density at radius 2 is 1.22 bits per heavy atom. The van der Waals surface area contributed by atoms with Gasteiger partial charge < -0.3 is 63.8 Å². The van der Waals surface area contributed by atoms with E-state index in [4.69, 9.17) is 31.9 Å². The number of nitrogens with two attached hydrogens (primary N) is 2. The molecule has 3 unspecified atom stereocenters. The number of fused-ring (bicyclic) bond motifs is 2. The number of nitrogen functional groups attached to an aromatic ring is 2. The molecule has 1 aliphatic rings. The van der Waals surface area contributed by atoms with Crippen molar-refractivity contribution in [1.29, 1.82) is 0 Å². The van der Waals surface area contributed by atoms with Gasteiger partial charge in [0.15, 0.2) is 17.0 Å². The maximum Gasteiger partial charge on any atom is 0.326 e. The number of anilines is 6. The van der Waals surface area contributed by atoms with Gasteiger partial charge in [-0.2, -0.15) is 9.97 Å². The molecule has 336 valence electrons. The summed E-state index contributed by atoms with van der Waals surface area (Å²) in [6.07, 6.45) is 0.254. The van der Waals surface area contributed by atoms with Crippen LogP contribution in [0.3, 0.4) is 0 Å². The van der Waals surface area contributed by atoms with Gasteiger partial charge in [-0.15, -0.1) is 0 Å². The number of amides is 2. The van der Waals surface area contributed by atoms with Crippen LogP contribution in [0.15, 0.2) is 64.3 Å². The molecule has 0 bridgehead atoms. The molecule has 0 saturated carbocycles. The molecule has 16 N–H and O–H groups in total. The van der Waals surface area contributed by atoms with Gasteiger partial charge in [0.2, 0.25) is 11.9 Å². The predicted molar refractivity (Wildman–Crippen MR) is 228 cm³/mol. The summed E-state index contributed by atoms with van der Waals surface area (Å²) in [7, 11) is 0. The standard InChI is InChI=1S/C19H23N7O6.C19H19N7O6/c2*20-19-25-15-14(17(30)26-19)23-11(8-22-15)7-21-10-3-1-9(2-4-10)16(29)24-12(18(31)32)5-6-13(27)28/h1-4,11-12,21,23H,5-8H2,(H,24,29)(H,27,28)(H,31,32)(H4,20,22,25,26,30);1-4,8,12,21H,5-7H2,(H,24,29)(H,27,28)(H,31,32)(H3,20,22,25,26,30). The summed E-state index contributed by atoms with van der Waals surface area (Å²) < 4.78 is 0. The summed E-state index contributed by atoms with van der Waals surface area (Å²) in [6, 6.07) is 9.80. The van der Waals surface area contributed by atoms with Gasteiger partial charge in [-0.1, -0.05) is 0 Å². The summed E-state index contributed by atoms with van der Waals surface area (Å²) in [5.74, 6) is -5.80. The molecule has 6 rings (SSSR count). The Kier molecular flexibility index (Phi) is 15.2. The molecule has 1 aliphatic heterocycles. The van der Waals surface area contributed by atoms with Gasteiger partial charge in [-0.25, -0.2) is 19.6 Å². The van der Waals surface area contributed by atoms with Crippen molar-refractivity contribution in [3.8, 4) is 0 Å². The van der Waals surface area contributed by atoms with Gasteiger partial charge in [-0.05, 0) is 61.4 Å². The minimum Gasteiger partial charge on any atom is -0.481 e. The average molecular weight is 887 g/mol. The molecule has 0 aliphatic carbocycles. The fourth-order valence-corrected chi connectivity index (χ4v) is 5.85. The monoisotopic (exact) mass is 886 g/mol. The van der Waals surface area contributed by atoms with E-state index in [1.54, 1.807) is 24.3 Å². The van der Waals surface area contributed by atoms with Crippen molar-refractivity contribution in [2.75, 3.05) is 45.8 Å². The molecule has 0 radical (unpaired) electrons. The van der Waals surface area contributed by atoms with Crippen molar-refractivity contribution >= 4 is 81.6 Å². The Bertz CT molecular complexity index is 2660. The van der Waals surface area contributed by atoms with Crippen LogP contribution >= 0.6 is 0 Å². The van der Waals surface area contributed by atoms with Gasteiger partial charge in [0.1, 0.15) is 17.8 Å². The van der Waals surface area contributed by atoms with Crippen LogP contribution in [0.2, 0.25) is 0 Å². The smallest absolute Gasteiger partial charge is 0.326 e. The first kappa shape index (κ1) is 46.2. The highest BCUT2D eigenvalue weighted by molar-refractivity contribution is 5.97. The Labute approximate surface area is 359 Å². The topological polar surface area (TPSA) is 425 Å². The number of aromatic nitrogens is 6. The van der Waals surface area contributed by atoms with E-state index >= 15 is 0 Å². The molecule has 0 spiro atoms. The third kappa shape index (κ3) is 13.1. The lowest BCUT2D eigenvalue weighted by molar-refractivity contribution is -0.142. The van der Waals surface area contributed by atoms with Crippen LogP contribution in [0.1, 0.15) is 52.1 Å². The molecular weight excluding hydrogens is 845 g/mol. The van der Waals surface area contributed by atoms with Crippen molar-refractivity contribution in [3.63, 3.8) is 0 Å². The van der Waals surface area contributed by atoms with Crippen molar-refractivity contribution < 1.29 is 49.2 Å². The predicted octanol–water partition coefficient (Wildman–Crippen LogP) is -0.327. The highest BCUT2D eigenvalue weighted by Gasteiger charge is 2.24. The molecule has 3 atom stereocenters. The van der Waals surface area contributed by atoms with Gasteiger partial charge >= 0.3 is 23.9 Å². The molecule has 64 heavy (non-hydrogen) atoms. The van der Waals surface area contributed by atoms with Gasteiger partial charge in [0.25, 0.3) is 22.9 Å². The number of carboxylic acids is 4. The first-order chi connectivity index (χ1) is 30.4. The number of carbonyl (C=O) groups is 6. The maximum atomic E-state index is 12.3. The van der Waals surface area contributed by atoms with E-state index in [1.807, 2.05) is 0 Å². The van der Waals surface area contributed by atoms with Gasteiger partial charge in [0, 0.05) is 48.4 Å². The number of nitrogens with one attached hydrogen (secondary N) is 8. The number of aromatic amines is 2. The fraction of sp³-hybridized carbons (Fsp3) is 0.263. The van der Waals surface area contributed by atoms with Crippen LogP contribution in [0.5, 0.6) is 0 Å². The van der Waals surface area contributed by atoms with Crippen molar-refractivity contribution in [2.45, 2.75) is 50.4 Å². The number of H-pyrrole nitrogens is 2. The van der Waals surface area contributed by atoms with E-state index < -0.39 is 53.3 Å². The first-order valence-corrected chi connectivity index (χ1v) is 19.1. The number of carboxylic acid groups (broad SMARTS) is 4. The van der Waals surface area contributed by atoms with E-state index in [9.17, 15) is 38.4 Å². The third-order valence-electron chi connectivity index (χ3n) is 9.11. The quantitative estimate of drug-likeness (QED) is 0.0536. The van der Waals surface area contributed by atoms with Crippen LogP contribution in [-0.4, -0.2) is 117 Å². The summed E-state index contributed by atoms with van der Waals surface area (Å²) >= 11 is 0. The Morgan fingerprint density at radius 3 is 1.75 bits per heavy atom. The van der Waals surface area contributed by atoms with E-state index in [2.05, 4.69) is 61.8 Å². The maximum absolute atomic E-state index is 12.3. The number of hydrogen-bond acceptors (Lipinski definition) is 18. The zero-order valence-corrected chi connectivity index (χ0v) is 33.4. The van der Waals surface area contributed by atoms with Crippen LogP contribution in [-0.2, 0) is 25.7 Å². The molecule has 0 fully saturated rings. The fourth-order valence-electron chi connectivity index (χ4n) is 5.85. The Hall–Kier alpha value is -8.84. The second-order valence-corrected chi connectivity index (χ2v) is 13.9. The zero-order chi connectivity index (χ0) is 46.5. The number of aliphatic carboxylic acids is 4. The lowest BCUT2D eigenvalue weighted by Gasteiger charge is -2.27. The van der Waals surface area contributed by atoms with E-state index in [0.29, 0.717) is 41.7 Å². The van der Waals surface area contributed by atoms with Crippen LogP contribution < -0.4 is 54.5 Å². The lowest BCUT2D eigenvalue weighted by Crippen LogP contribution is -2.41. The van der Waals surface area contributed by atoms with Crippen molar-refractivity contribution in [1.82, 2.24) is 40.5 Å². The molecular formula is C38H42N14O12. The first-order valence-electron chi connectivity index (χ1n) is 19.1. The van der Waals surface area contributed by atoms with Crippen molar-refractivity contribution in [2.24, 2.45) is 0 Å². The number of benzene rings is 2. The van der Waals surface area contributed by atoms with Crippen LogP contribution in [0, 0.1) is 0 Å². The lowest BCUT2D eigenvalue weighted by atomic mass is 10.1.